The molecule has 0 aliphatic heterocycles. The van der Waals surface area contributed by atoms with Crippen LogP contribution in [0.4, 0.5) is 0 Å². The van der Waals surface area contributed by atoms with Crippen molar-refractivity contribution in [2.45, 2.75) is 44.7 Å². The highest BCUT2D eigenvalue weighted by atomic mass is 32.1. The van der Waals surface area contributed by atoms with Crippen LogP contribution in [0.1, 0.15) is 42.5 Å². The number of fused-ring (bicyclic) bond motifs is 1. The lowest BCUT2D eigenvalue weighted by Gasteiger charge is -2.23. The van der Waals surface area contributed by atoms with Gasteiger partial charge in [-0.1, -0.05) is 19.3 Å². The van der Waals surface area contributed by atoms with Crippen LogP contribution in [0.25, 0.3) is 21.6 Å². The first-order chi connectivity index (χ1) is 14.0. The van der Waals surface area contributed by atoms with Crippen molar-refractivity contribution < 1.29 is 14.7 Å². The van der Waals surface area contributed by atoms with Gasteiger partial charge in [0.1, 0.15) is 17.2 Å². The number of nitrogens with one attached hydrogen (secondary N) is 1. The zero-order valence-corrected chi connectivity index (χ0v) is 16.4. The molecule has 3 aromatic heterocycles. The summed E-state index contributed by atoms with van der Waals surface area (Å²) in [6.45, 7) is -0.217. The van der Waals surface area contributed by atoms with Crippen LogP contribution < -0.4 is 10.9 Å². The zero-order valence-electron chi connectivity index (χ0n) is 15.6. The molecule has 0 aromatic carbocycles. The van der Waals surface area contributed by atoms with Crippen LogP contribution in [0.5, 0.6) is 0 Å². The molecule has 4 rings (SSSR count). The molecule has 29 heavy (non-hydrogen) atoms. The van der Waals surface area contributed by atoms with Gasteiger partial charge in [-0.2, -0.15) is 0 Å². The zero-order chi connectivity index (χ0) is 20.4. The number of carboxylic acids is 1. The van der Waals surface area contributed by atoms with Crippen LogP contribution in [-0.2, 0) is 11.3 Å². The van der Waals surface area contributed by atoms with Gasteiger partial charge in [0.05, 0.1) is 10.9 Å². The molecule has 1 amide bonds. The van der Waals surface area contributed by atoms with E-state index in [0.29, 0.717) is 16.2 Å². The number of carbonyl (C=O) groups excluding carboxylic acids is 1. The molecule has 0 radical (unpaired) electrons. The molecule has 8 nitrogen and oxygen atoms in total. The number of amides is 1. The van der Waals surface area contributed by atoms with E-state index in [2.05, 4.69) is 15.3 Å². The van der Waals surface area contributed by atoms with Crippen molar-refractivity contribution in [2.24, 2.45) is 0 Å². The van der Waals surface area contributed by atoms with E-state index < -0.39 is 11.5 Å². The highest BCUT2D eigenvalue weighted by Crippen LogP contribution is 2.25. The number of aromatic carboxylic acids is 1. The number of hydrogen-bond donors (Lipinski definition) is 2. The van der Waals surface area contributed by atoms with Crippen LogP contribution in [0.2, 0.25) is 0 Å². The molecule has 2 N–H and O–H groups in total. The minimum Gasteiger partial charge on any atom is -0.478 e. The predicted octanol–water partition coefficient (Wildman–Crippen LogP) is 2.67. The normalized spacial score (nSPS) is 14.8. The minimum absolute atomic E-state index is 0.0331. The maximum absolute atomic E-state index is 13.2. The van der Waals surface area contributed by atoms with Gasteiger partial charge in [-0.25, -0.2) is 9.78 Å². The summed E-state index contributed by atoms with van der Waals surface area (Å²) in [5.74, 6) is -1.14. The van der Waals surface area contributed by atoms with Gasteiger partial charge in [-0.05, 0) is 25.0 Å². The van der Waals surface area contributed by atoms with Gasteiger partial charge in [0.2, 0.25) is 5.91 Å². The third kappa shape index (κ3) is 3.91. The fraction of sp³-hybridized carbons (Fsp3) is 0.350. The molecule has 1 aliphatic rings. The van der Waals surface area contributed by atoms with Crippen LogP contribution in [-0.4, -0.2) is 37.6 Å². The van der Waals surface area contributed by atoms with Crippen LogP contribution in [0, 0.1) is 0 Å². The van der Waals surface area contributed by atoms with Gasteiger partial charge < -0.3 is 10.4 Å². The maximum atomic E-state index is 13.2. The van der Waals surface area contributed by atoms with Crippen molar-refractivity contribution in [3.8, 4) is 11.4 Å². The molecule has 0 unspecified atom stereocenters. The van der Waals surface area contributed by atoms with Crippen molar-refractivity contribution in [1.29, 1.82) is 0 Å². The predicted molar refractivity (Wildman–Crippen MR) is 109 cm³/mol. The van der Waals surface area contributed by atoms with Gasteiger partial charge in [0.25, 0.3) is 5.56 Å². The van der Waals surface area contributed by atoms with E-state index in [1.807, 2.05) is 0 Å². The monoisotopic (exact) mass is 412 g/mol. The SMILES string of the molecule is O=C(Cn1c(-c2ccncc2)nc2scc(C(=O)O)c2c1=O)NC1CCCCC1. The Hall–Kier alpha value is -3.07. The number of rotatable bonds is 5. The van der Waals surface area contributed by atoms with Crippen molar-refractivity contribution >= 4 is 33.4 Å². The second-order valence-electron chi connectivity index (χ2n) is 7.10. The quantitative estimate of drug-likeness (QED) is 0.666. The van der Waals surface area contributed by atoms with Crippen molar-refractivity contribution in [3.63, 3.8) is 0 Å². The summed E-state index contributed by atoms with van der Waals surface area (Å²) < 4.78 is 1.26. The lowest BCUT2D eigenvalue weighted by Crippen LogP contribution is -2.40. The molecule has 0 atom stereocenters. The Balaban J connectivity index is 1.77. The lowest BCUT2D eigenvalue weighted by atomic mass is 9.95. The topological polar surface area (TPSA) is 114 Å². The molecule has 9 heteroatoms. The molecule has 150 valence electrons. The first-order valence-corrected chi connectivity index (χ1v) is 10.4. The van der Waals surface area contributed by atoms with Gasteiger partial charge in [0, 0.05) is 29.4 Å². The maximum Gasteiger partial charge on any atom is 0.337 e. The molecular weight excluding hydrogens is 392 g/mol. The Labute approximate surface area is 170 Å². The lowest BCUT2D eigenvalue weighted by molar-refractivity contribution is -0.122. The molecule has 3 aromatic rings. The molecular formula is C20H20N4O4S. The standard InChI is InChI=1S/C20H20N4O4S/c25-15(22-13-4-2-1-3-5-13)10-24-17(12-6-8-21-9-7-12)23-18-16(19(24)26)14(11-29-18)20(27)28/h6-9,11,13H,1-5,10H2,(H,22,25)(H,27,28). The highest BCUT2D eigenvalue weighted by molar-refractivity contribution is 7.17. The number of carboxylic acid groups (broad SMARTS) is 1. The second kappa shape index (κ2) is 8.12. The Morgan fingerprint density at radius 2 is 1.93 bits per heavy atom. The number of thiophene rings is 1. The smallest absolute Gasteiger partial charge is 0.337 e. The summed E-state index contributed by atoms with van der Waals surface area (Å²) in [7, 11) is 0. The Morgan fingerprint density at radius 1 is 1.21 bits per heavy atom. The molecule has 1 saturated carbocycles. The molecule has 3 heterocycles. The summed E-state index contributed by atoms with van der Waals surface area (Å²) in [6, 6.07) is 3.52. The number of aromatic nitrogens is 3. The minimum atomic E-state index is -1.19. The van der Waals surface area contributed by atoms with E-state index in [1.54, 1.807) is 24.5 Å². The van der Waals surface area contributed by atoms with Gasteiger partial charge in [-0.3, -0.25) is 19.1 Å². The van der Waals surface area contributed by atoms with Gasteiger partial charge in [-0.15, -0.1) is 11.3 Å². The average molecular weight is 412 g/mol. The summed E-state index contributed by atoms with van der Waals surface area (Å²) in [4.78, 5) is 46.3. The van der Waals surface area contributed by atoms with Crippen molar-refractivity contribution in [1.82, 2.24) is 19.9 Å². The number of pyridine rings is 1. The molecule has 1 fully saturated rings. The van der Waals surface area contributed by atoms with Gasteiger partial charge >= 0.3 is 5.97 Å². The second-order valence-corrected chi connectivity index (χ2v) is 7.96. The summed E-state index contributed by atoms with van der Waals surface area (Å²) in [5.41, 5.74) is 0.0132. The summed E-state index contributed by atoms with van der Waals surface area (Å²) in [5, 5.41) is 13.9. The summed E-state index contributed by atoms with van der Waals surface area (Å²) >= 11 is 1.10. The van der Waals surface area contributed by atoms with E-state index in [9.17, 15) is 19.5 Å². The van der Waals surface area contributed by atoms with E-state index in [4.69, 9.17) is 0 Å². The molecule has 0 saturated heterocycles. The third-order valence-corrected chi connectivity index (χ3v) is 6.01. The Bertz CT molecular complexity index is 1120. The van der Waals surface area contributed by atoms with Gasteiger partial charge in [0.15, 0.2) is 0 Å². The Morgan fingerprint density at radius 3 is 2.62 bits per heavy atom. The Kier molecular flexibility index (Phi) is 5.39. The fourth-order valence-electron chi connectivity index (χ4n) is 3.71. The summed E-state index contributed by atoms with van der Waals surface area (Å²) in [6.07, 6.45) is 8.36. The first kappa shape index (κ1) is 19.3. The average Bonchev–Trinajstić information content (AvgIpc) is 3.16. The number of hydrogen-bond acceptors (Lipinski definition) is 6. The third-order valence-electron chi connectivity index (χ3n) is 5.13. The molecule has 0 spiro atoms. The molecule has 0 bridgehead atoms. The van der Waals surface area contributed by atoms with Crippen LogP contribution in [0.15, 0.2) is 34.7 Å². The van der Waals surface area contributed by atoms with Crippen molar-refractivity contribution in [2.75, 3.05) is 0 Å². The van der Waals surface area contributed by atoms with E-state index in [1.165, 1.54) is 16.4 Å². The first-order valence-electron chi connectivity index (χ1n) is 9.49. The van der Waals surface area contributed by atoms with Crippen LogP contribution >= 0.6 is 11.3 Å². The fourth-order valence-corrected chi connectivity index (χ4v) is 4.62. The van der Waals surface area contributed by atoms with E-state index in [-0.39, 0.29) is 29.4 Å². The van der Waals surface area contributed by atoms with E-state index in [0.717, 1.165) is 37.0 Å². The number of nitrogens with zero attached hydrogens (tertiary/aromatic N) is 3. The molecule has 1 aliphatic carbocycles. The highest BCUT2D eigenvalue weighted by Gasteiger charge is 2.22. The van der Waals surface area contributed by atoms with Crippen LogP contribution in [0.3, 0.4) is 0 Å². The number of carbonyl (C=O) groups is 2. The largest absolute Gasteiger partial charge is 0.478 e. The van der Waals surface area contributed by atoms with Crippen molar-refractivity contribution in [3.05, 3.63) is 45.8 Å². The van der Waals surface area contributed by atoms with E-state index >= 15 is 0 Å².